The minimum atomic E-state index is -0.651. The zero-order valence-electron chi connectivity index (χ0n) is 10.4. The van der Waals surface area contributed by atoms with Crippen LogP contribution in [0.1, 0.15) is 30.1 Å². The van der Waals surface area contributed by atoms with Crippen molar-refractivity contribution >= 4 is 17.4 Å². The number of pyridine rings is 1. The number of nitrogens with two attached hydrogens (primary N) is 1. The van der Waals surface area contributed by atoms with E-state index in [9.17, 15) is 14.9 Å². The van der Waals surface area contributed by atoms with Gasteiger partial charge in [-0.15, -0.1) is 0 Å². The van der Waals surface area contributed by atoms with Crippen LogP contribution in [0.4, 0.5) is 11.5 Å². The van der Waals surface area contributed by atoms with Gasteiger partial charge in [-0.05, 0) is 35.6 Å². The number of nitrogens with zero attached hydrogens (tertiary/aromatic N) is 2. The van der Waals surface area contributed by atoms with Crippen molar-refractivity contribution in [2.45, 2.75) is 25.8 Å². The van der Waals surface area contributed by atoms with Crippen LogP contribution in [-0.4, -0.2) is 21.9 Å². The van der Waals surface area contributed by atoms with E-state index in [1.54, 1.807) is 0 Å². The first kappa shape index (κ1) is 13.2. The summed E-state index contributed by atoms with van der Waals surface area (Å²) in [6, 6.07) is 1.16. The number of carbonyl (C=O) groups is 1. The highest BCUT2D eigenvalue weighted by Crippen LogP contribution is 2.32. The first-order chi connectivity index (χ1) is 9.02. The summed E-state index contributed by atoms with van der Waals surface area (Å²) >= 11 is 0. The van der Waals surface area contributed by atoms with E-state index >= 15 is 0 Å². The Labute approximate surface area is 109 Å². The summed E-state index contributed by atoms with van der Waals surface area (Å²) in [5.41, 5.74) is 2.69. The fourth-order valence-corrected chi connectivity index (χ4v) is 1.85. The quantitative estimate of drug-likeness (QED) is 0.411. The molecule has 1 aliphatic rings. The van der Waals surface area contributed by atoms with Crippen LogP contribution >= 0.6 is 0 Å². The van der Waals surface area contributed by atoms with Crippen molar-refractivity contribution in [2.75, 3.05) is 5.43 Å². The molecule has 0 bridgehead atoms. The van der Waals surface area contributed by atoms with Crippen LogP contribution < -0.4 is 16.6 Å². The lowest BCUT2D eigenvalue weighted by Crippen LogP contribution is -2.34. The standard InChI is InChI=1S/C11H15N5O3/c1-6(7-2-3-7)14-11(17)8-4-10(16(18)19)13-5-9(8)15-12/h4-7,15H,2-3,12H2,1H3,(H,14,17). The highest BCUT2D eigenvalue weighted by Gasteiger charge is 2.30. The third kappa shape index (κ3) is 2.97. The average Bonchev–Trinajstić information content (AvgIpc) is 3.21. The Balaban J connectivity index is 2.22. The summed E-state index contributed by atoms with van der Waals surface area (Å²) in [6.07, 6.45) is 3.37. The third-order valence-corrected chi connectivity index (χ3v) is 3.16. The first-order valence-corrected chi connectivity index (χ1v) is 5.95. The van der Waals surface area contributed by atoms with Gasteiger partial charge in [-0.1, -0.05) is 0 Å². The molecule has 2 rings (SSSR count). The zero-order valence-corrected chi connectivity index (χ0v) is 10.4. The van der Waals surface area contributed by atoms with E-state index < -0.39 is 10.8 Å². The molecule has 19 heavy (non-hydrogen) atoms. The van der Waals surface area contributed by atoms with E-state index in [2.05, 4.69) is 15.7 Å². The molecule has 0 aromatic carbocycles. The van der Waals surface area contributed by atoms with Crippen molar-refractivity contribution in [3.63, 3.8) is 0 Å². The van der Waals surface area contributed by atoms with Crippen molar-refractivity contribution < 1.29 is 9.72 Å². The summed E-state index contributed by atoms with van der Waals surface area (Å²) in [7, 11) is 0. The highest BCUT2D eigenvalue weighted by molar-refractivity contribution is 6.00. The van der Waals surface area contributed by atoms with Gasteiger partial charge in [0.2, 0.25) is 0 Å². The van der Waals surface area contributed by atoms with E-state index in [4.69, 9.17) is 5.84 Å². The number of nitrogens with one attached hydrogen (secondary N) is 2. The van der Waals surface area contributed by atoms with Crippen LogP contribution in [0.25, 0.3) is 0 Å². The zero-order chi connectivity index (χ0) is 14.0. The fraction of sp³-hybridized carbons (Fsp3) is 0.455. The molecule has 4 N–H and O–H groups in total. The number of amides is 1. The number of hydrogen-bond donors (Lipinski definition) is 3. The Hall–Kier alpha value is -2.22. The molecule has 1 amide bonds. The van der Waals surface area contributed by atoms with Gasteiger partial charge in [0.05, 0.1) is 11.6 Å². The van der Waals surface area contributed by atoms with Gasteiger partial charge in [0.15, 0.2) is 6.20 Å². The molecule has 8 heteroatoms. The van der Waals surface area contributed by atoms with Crippen LogP contribution in [-0.2, 0) is 0 Å². The Morgan fingerprint density at radius 3 is 2.84 bits per heavy atom. The van der Waals surface area contributed by atoms with Crippen LogP contribution in [0.5, 0.6) is 0 Å². The van der Waals surface area contributed by atoms with E-state index in [-0.39, 0.29) is 23.1 Å². The van der Waals surface area contributed by atoms with Crippen LogP contribution in [0, 0.1) is 16.0 Å². The van der Waals surface area contributed by atoms with E-state index in [1.165, 1.54) is 6.20 Å². The smallest absolute Gasteiger partial charge is 0.358 e. The lowest BCUT2D eigenvalue weighted by molar-refractivity contribution is -0.389. The Kier molecular flexibility index (Phi) is 3.61. The van der Waals surface area contributed by atoms with Crippen molar-refractivity contribution in [2.24, 2.45) is 11.8 Å². The number of hydrazine groups is 1. The number of nitro groups is 1. The number of rotatable bonds is 5. The molecule has 1 fully saturated rings. The lowest BCUT2D eigenvalue weighted by Gasteiger charge is -2.14. The van der Waals surface area contributed by atoms with Gasteiger partial charge in [0, 0.05) is 6.04 Å². The van der Waals surface area contributed by atoms with Gasteiger partial charge in [-0.2, -0.15) is 0 Å². The molecule has 1 aromatic rings. The maximum absolute atomic E-state index is 12.1. The Bertz CT molecular complexity index is 515. The molecular weight excluding hydrogens is 250 g/mol. The van der Waals surface area contributed by atoms with Gasteiger partial charge < -0.3 is 20.9 Å². The van der Waals surface area contributed by atoms with Crippen LogP contribution in [0.2, 0.25) is 0 Å². The summed E-state index contributed by atoms with van der Waals surface area (Å²) < 4.78 is 0. The topological polar surface area (TPSA) is 123 Å². The SMILES string of the molecule is CC(NC(=O)c1cc([N+](=O)[O-])ncc1NN)C1CC1. The molecule has 1 atom stereocenters. The number of anilines is 1. The van der Waals surface area contributed by atoms with Crippen molar-refractivity contribution in [3.8, 4) is 0 Å². The minimum Gasteiger partial charge on any atom is -0.358 e. The second kappa shape index (κ2) is 5.19. The number of carbonyl (C=O) groups excluding carboxylic acids is 1. The third-order valence-electron chi connectivity index (χ3n) is 3.16. The molecule has 0 saturated heterocycles. The molecule has 1 heterocycles. The summed E-state index contributed by atoms with van der Waals surface area (Å²) in [4.78, 5) is 25.7. The predicted molar refractivity (Wildman–Crippen MR) is 68.4 cm³/mol. The highest BCUT2D eigenvalue weighted by atomic mass is 16.6. The molecule has 102 valence electrons. The summed E-state index contributed by atoms with van der Waals surface area (Å²) in [5.74, 6) is 5.00. The molecule has 1 aromatic heterocycles. The number of nitrogen functional groups attached to an aromatic ring is 1. The summed E-state index contributed by atoms with van der Waals surface area (Å²) in [6.45, 7) is 1.92. The number of hydrogen-bond acceptors (Lipinski definition) is 6. The minimum absolute atomic E-state index is 0.0466. The van der Waals surface area contributed by atoms with Crippen LogP contribution in [0.15, 0.2) is 12.3 Å². The molecule has 0 aliphatic heterocycles. The fourth-order valence-electron chi connectivity index (χ4n) is 1.85. The normalized spacial score (nSPS) is 15.7. The molecular formula is C11H15N5O3. The monoisotopic (exact) mass is 265 g/mol. The van der Waals surface area contributed by atoms with Crippen molar-refractivity contribution in [3.05, 3.63) is 27.9 Å². The maximum Gasteiger partial charge on any atom is 0.364 e. The van der Waals surface area contributed by atoms with Gasteiger partial charge >= 0.3 is 5.82 Å². The lowest BCUT2D eigenvalue weighted by atomic mass is 10.1. The molecule has 8 nitrogen and oxygen atoms in total. The molecule has 0 radical (unpaired) electrons. The Morgan fingerprint density at radius 1 is 1.63 bits per heavy atom. The number of aromatic nitrogens is 1. The average molecular weight is 265 g/mol. The van der Waals surface area contributed by atoms with Gasteiger partial charge in [-0.3, -0.25) is 10.6 Å². The predicted octanol–water partition coefficient (Wildman–Crippen LogP) is 0.804. The Morgan fingerprint density at radius 2 is 2.32 bits per heavy atom. The largest absolute Gasteiger partial charge is 0.364 e. The molecule has 0 spiro atoms. The van der Waals surface area contributed by atoms with E-state index in [0.29, 0.717) is 5.92 Å². The van der Waals surface area contributed by atoms with Gasteiger partial charge in [0.1, 0.15) is 5.69 Å². The second-order valence-electron chi connectivity index (χ2n) is 4.59. The van der Waals surface area contributed by atoms with E-state index in [1.807, 2.05) is 6.92 Å². The van der Waals surface area contributed by atoms with Gasteiger partial charge in [0.25, 0.3) is 5.91 Å². The molecule has 1 saturated carbocycles. The van der Waals surface area contributed by atoms with Gasteiger partial charge in [-0.25, -0.2) is 0 Å². The summed E-state index contributed by atoms with van der Waals surface area (Å²) in [5, 5.41) is 13.5. The van der Waals surface area contributed by atoms with E-state index in [0.717, 1.165) is 18.9 Å². The van der Waals surface area contributed by atoms with Crippen LogP contribution in [0.3, 0.4) is 0 Å². The van der Waals surface area contributed by atoms with Crippen molar-refractivity contribution in [1.82, 2.24) is 10.3 Å². The molecule has 1 unspecified atom stereocenters. The van der Waals surface area contributed by atoms with Crippen molar-refractivity contribution in [1.29, 1.82) is 0 Å². The maximum atomic E-state index is 12.1. The first-order valence-electron chi connectivity index (χ1n) is 5.95. The molecule has 1 aliphatic carbocycles. The second-order valence-corrected chi connectivity index (χ2v) is 4.59.